The van der Waals surface area contributed by atoms with Gasteiger partial charge in [0.05, 0.1) is 6.10 Å². The van der Waals surface area contributed by atoms with E-state index in [-0.39, 0.29) is 42.8 Å². The minimum absolute atomic E-state index is 0.0103. The number of carbonyl (C=O) groups is 3. The fourth-order valence-electron chi connectivity index (χ4n) is 9.01. The Morgan fingerprint density at radius 1 is 1.09 bits per heavy atom. The number of ketones is 2. The molecule has 0 amide bonds. The summed E-state index contributed by atoms with van der Waals surface area (Å²) in [5.41, 5.74) is 0.321. The summed E-state index contributed by atoms with van der Waals surface area (Å²) in [7, 11) is 0. The molecule has 0 spiro atoms. The number of esters is 1. The monoisotopic (exact) mass is 645 g/mol. The van der Waals surface area contributed by atoms with Crippen LogP contribution in [0.25, 0.3) is 0 Å². The highest BCUT2D eigenvalue weighted by atomic mass is 35.5. The standard InChI is InChI=1S/C35H45Cl2NO6/c1-33-14-12-26(39)20-24(33)8-11-27-28-13-15-35(43,34(28,2)21-29(40)32(27)33)30(41)22-44-31(42)5-3-4-23-6-9-25(10-7-23)38(18-16-36)19-17-37/h6-7,9-10,12,14,20,27-29,32,40,43H,3-5,8,11,13,15-19,21-22H2,1-2H3/t27-,28-,29-,32+,33-,34-,35-/m1/s1. The van der Waals surface area contributed by atoms with Crippen LogP contribution in [0, 0.1) is 28.6 Å². The minimum atomic E-state index is -1.66. The normalized spacial score (nSPS) is 34.0. The zero-order chi connectivity index (χ0) is 31.7. The second kappa shape index (κ2) is 13.3. The molecule has 2 N–H and O–H groups in total. The lowest BCUT2D eigenvalue weighted by atomic mass is 9.46. The quantitative estimate of drug-likeness (QED) is 0.231. The number of benzene rings is 1. The van der Waals surface area contributed by atoms with Gasteiger partial charge >= 0.3 is 5.97 Å². The van der Waals surface area contributed by atoms with Gasteiger partial charge in [0.25, 0.3) is 0 Å². The third kappa shape index (κ3) is 6.02. The molecule has 0 radical (unpaired) electrons. The molecule has 240 valence electrons. The van der Waals surface area contributed by atoms with Crippen LogP contribution in [-0.2, 0) is 25.5 Å². The summed E-state index contributed by atoms with van der Waals surface area (Å²) in [4.78, 5) is 40.3. The van der Waals surface area contributed by atoms with Crippen molar-refractivity contribution >= 4 is 46.4 Å². The van der Waals surface area contributed by atoms with Crippen molar-refractivity contribution in [3.05, 3.63) is 53.6 Å². The van der Waals surface area contributed by atoms with Crippen LogP contribution in [0.3, 0.4) is 0 Å². The van der Waals surface area contributed by atoms with E-state index in [0.29, 0.717) is 44.1 Å². The van der Waals surface area contributed by atoms with Crippen molar-refractivity contribution in [2.24, 2.45) is 28.6 Å². The van der Waals surface area contributed by atoms with E-state index < -0.39 is 40.9 Å². The van der Waals surface area contributed by atoms with Gasteiger partial charge in [0.1, 0.15) is 5.60 Å². The Hall–Kier alpha value is -2.19. The van der Waals surface area contributed by atoms with Crippen molar-refractivity contribution < 1.29 is 29.3 Å². The molecule has 1 aromatic carbocycles. The highest BCUT2D eigenvalue weighted by Crippen LogP contribution is 2.67. The molecule has 7 atom stereocenters. The van der Waals surface area contributed by atoms with E-state index in [1.807, 2.05) is 37.3 Å². The van der Waals surface area contributed by atoms with Crippen molar-refractivity contribution in [2.75, 3.05) is 36.4 Å². The topological polar surface area (TPSA) is 104 Å². The second-order valence-corrected chi connectivity index (χ2v) is 14.3. The number of anilines is 1. The number of rotatable bonds is 12. The van der Waals surface area contributed by atoms with Crippen molar-refractivity contribution in [3.63, 3.8) is 0 Å². The number of nitrogens with zero attached hydrogens (tertiary/aromatic N) is 1. The molecule has 0 bridgehead atoms. The highest BCUT2D eigenvalue weighted by Gasteiger charge is 2.68. The molecule has 3 saturated carbocycles. The minimum Gasteiger partial charge on any atom is -0.458 e. The Kier molecular flexibility index (Phi) is 10.0. The van der Waals surface area contributed by atoms with Crippen LogP contribution in [0.15, 0.2) is 48.1 Å². The van der Waals surface area contributed by atoms with Crippen molar-refractivity contribution in [1.82, 2.24) is 0 Å². The molecule has 9 heteroatoms. The van der Waals surface area contributed by atoms with Crippen LogP contribution in [0.4, 0.5) is 5.69 Å². The molecule has 0 heterocycles. The summed E-state index contributed by atoms with van der Waals surface area (Å²) in [6.07, 6.45) is 8.81. The molecule has 5 rings (SSSR count). The number of carbonyl (C=O) groups excluding carboxylic acids is 3. The first-order valence-corrected chi connectivity index (χ1v) is 17.0. The number of aliphatic hydroxyl groups excluding tert-OH is 1. The smallest absolute Gasteiger partial charge is 0.306 e. The van der Waals surface area contributed by atoms with E-state index >= 15 is 0 Å². The lowest BCUT2D eigenvalue weighted by Gasteiger charge is -2.59. The van der Waals surface area contributed by atoms with Crippen LogP contribution >= 0.6 is 23.2 Å². The summed E-state index contributed by atoms with van der Waals surface area (Å²) < 4.78 is 5.39. The maximum absolute atomic E-state index is 13.5. The molecule has 3 fully saturated rings. The van der Waals surface area contributed by atoms with Crippen LogP contribution < -0.4 is 4.90 Å². The Bertz CT molecular complexity index is 1310. The molecule has 4 aliphatic carbocycles. The van der Waals surface area contributed by atoms with Crippen LogP contribution in [-0.4, -0.2) is 70.9 Å². The molecule has 44 heavy (non-hydrogen) atoms. The number of halogens is 2. The predicted molar refractivity (Wildman–Crippen MR) is 172 cm³/mol. The van der Waals surface area contributed by atoms with Gasteiger partial charge in [0.15, 0.2) is 12.4 Å². The maximum atomic E-state index is 13.5. The van der Waals surface area contributed by atoms with Gasteiger partial charge in [0, 0.05) is 53.7 Å². The number of aliphatic hydroxyl groups is 2. The Morgan fingerprint density at radius 3 is 2.48 bits per heavy atom. The fraction of sp³-hybridized carbons (Fsp3) is 0.629. The zero-order valence-electron chi connectivity index (χ0n) is 25.8. The zero-order valence-corrected chi connectivity index (χ0v) is 27.3. The Balaban J connectivity index is 1.15. The number of fused-ring (bicyclic) bond motifs is 5. The summed E-state index contributed by atoms with van der Waals surface area (Å²) >= 11 is 11.8. The number of ether oxygens (including phenoxy) is 1. The largest absolute Gasteiger partial charge is 0.458 e. The van der Waals surface area contributed by atoms with Gasteiger partial charge in [-0.05, 0) is 86.6 Å². The van der Waals surface area contributed by atoms with E-state index in [1.54, 1.807) is 12.2 Å². The molecule has 0 aliphatic heterocycles. The van der Waals surface area contributed by atoms with Gasteiger partial charge < -0.3 is 19.8 Å². The molecule has 0 aromatic heterocycles. The molecule has 0 unspecified atom stereocenters. The first-order valence-electron chi connectivity index (χ1n) is 16.0. The van der Waals surface area contributed by atoms with Crippen LogP contribution in [0.2, 0.25) is 0 Å². The molecular formula is C35H45Cl2NO6. The van der Waals surface area contributed by atoms with Gasteiger partial charge in [0.2, 0.25) is 5.78 Å². The molecule has 7 nitrogen and oxygen atoms in total. The molecule has 1 aromatic rings. The fourth-order valence-corrected chi connectivity index (χ4v) is 9.42. The van der Waals surface area contributed by atoms with E-state index in [2.05, 4.69) is 11.8 Å². The van der Waals surface area contributed by atoms with Crippen molar-refractivity contribution in [3.8, 4) is 0 Å². The predicted octanol–water partition coefficient (Wildman–Crippen LogP) is 5.42. The third-order valence-corrected chi connectivity index (χ3v) is 11.7. The van der Waals surface area contributed by atoms with E-state index in [0.717, 1.165) is 29.7 Å². The average molecular weight is 647 g/mol. The van der Waals surface area contributed by atoms with Gasteiger partial charge in [-0.3, -0.25) is 14.4 Å². The first kappa shape index (κ1) is 33.2. The van der Waals surface area contributed by atoms with Crippen molar-refractivity contribution in [1.29, 1.82) is 0 Å². The number of Topliss-reactive ketones (excluding diaryl/α,β-unsaturated/α-hetero) is 1. The molecular weight excluding hydrogens is 601 g/mol. The van der Waals surface area contributed by atoms with Gasteiger partial charge in [-0.2, -0.15) is 0 Å². The summed E-state index contributed by atoms with van der Waals surface area (Å²) in [6.45, 7) is 4.99. The number of alkyl halides is 2. The third-order valence-electron chi connectivity index (χ3n) is 11.3. The summed E-state index contributed by atoms with van der Waals surface area (Å²) in [5.74, 6) is 0.166. The van der Waals surface area contributed by atoms with Crippen LogP contribution in [0.5, 0.6) is 0 Å². The lowest BCUT2D eigenvalue weighted by molar-refractivity contribution is -0.181. The number of allylic oxidation sites excluding steroid dienone is 4. The van der Waals surface area contributed by atoms with Gasteiger partial charge in [-0.1, -0.05) is 37.6 Å². The summed E-state index contributed by atoms with van der Waals surface area (Å²) in [6, 6.07) is 8.12. The summed E-state index contributed by atoms with van der Waals surface area (Å²) in [5, 5.41) is 23.4. The molecule has 4 aliphatic rings. The van der Waals surface area contributed by atoms with Crippen molar-refractivity contribution in [2.45, 2.75) is 76.9 Å². The first-order chi connectivity index (χ1) is 21.0. The Morgan fingerprint density at radius 2 is 1.80 bits per heavy atom. The SMILES string of the molecule is C[C@@]12C=CC(=O)C=C1CC[C@H]1[C@H]2[C@H](O)C[C@]2(C)[C@@H]1CC[C@@]2(O)C(=O)COC(=O)CCCc1ccc(N(CCCl)CCCl)cc1. The number of hydrogen-bond donors (Lipinski definition) is 2. The molecule has 0 saturated heterocycles. The van der Waals surface area contributed by atoms with Crippen LogP contribution in [0.1, 0.15) is 64.4 Å². The number of aryl methyl sites for hydroxylation is 1. The lowest BCUT2D eigenvalue weighted by Crippen LogP contribution is -2.61. The average Bonchev–Trinajstić information content (AvgIpc) is 3.27. The number of hydrogen-bond acceptors (Lipinski definition) is 7. The Labute approximate surface area is 270 Å². The maximum Gasteiger partial charge on any atom is 0.306 e. The van der Waals surface area contributed by atoms with E-state index in [1.165, 1.54) is 0 Å². The highest BCUT2D eigenvalue weighted by molar-refractivity contribution is 6.18. The van der Waals surface area contributed by atoms with Gasteiger partial charge in [-0.25, -0.2) is 0 Å². The van der Waals surface area contributed by atoms with E-state index in [4.69, 9.17) is 27.9 Å². The van der Waals surface area contributed by atoms with Gasteiger partial charge in [-0.15, -0.1) is 23.2 Å². The van der Waals surface area contributed by atoms with E-state index in [9.17, 15) is 24.6 Å². The second-order valence-electron chi connectivity index (χ2n) is 13.6.